The van der Waals surface area contributed by atoms with Crippen LogP contribution in [0.15, 0.2) is 35.5 Å². The second kappa shape index (κ2) is 4.70. The van der Waals surface area contributed by atoms with E-state index in [2.05, 4.69) is 10.2 Å². The molecule has 0 saturated heterocycles. The molecule has 1 aliphatic heterocycles. The summed E-state index contributed by atoms with van der Waals surface area (Å²) >= 11 is 0. The Bertz CT molecular complexity index is 790. The van der Waals surface area contributed by atoms with Gasteiger partial charge < -0.3 is 4.57 Å². The Morgan fingerprint density at radius 2 is 2.15 bits per heavy atom. The monoisotopic (exact) mass is 289 g/mol. The van der Waals surface area contributed by atoms with Gasteiger partial charge in [-0.2, -0.15) is 9.57 Å². The fourth-order valence-corrected chi connectivity index (χ4v) is 3.56. The van der Waals surface area contributed by atoms with Crippen molar-refractivity contribution < 1.29 is 8.42 Å². The van der Waals surface area contributed by atoms with Crippen LogP contribution in [-0.4, -0.2) is 34.0 Å². The highest BCUT2D eigenvalue weighted by atomic mass is 32.2. The maximum Gasteiger partial charge on any atom is 0.243 e. The molecule has 0 fully saturated rings. The van der Waals surface area contributed by atoms with E-state index in [0.717, 1.165) is 0 Å². The number of nitrogens with zero attached hydrogens (tertiary/aromatic N) is 5. The Hall–Kier alpha value is -2.24. The van der Waals surface area contributed by atoms with Gasteiger partial charge in [-0.1, -0.05) is 6.07 Å². The Morgan fingerprint density at radius 1 is 1.30 bits per heavy atom. The molecule has 2 heterocycles. The molecule has 0 atom stereocenters. The molecule has 0 bridgehead atoms. The number of hydrogen-bond donors (Lipinski definition) is 0. The average Bonchev–Trinajstić information content (AvgIpc) is 2.94. The summed E-state index contributed by atoms with van der Waals surface area (Å²) in [5, 5.41) is 16.5. The van der Waals surface area contributed by atoms with Gasteiger partial charge in [0.25, 0.3) is 0 Å². The van der Waals surface area contributed by atoms with Crippen molar-refractivity contribution >= 4 is 10.0 Å². The first-order valence-electron chi connectivity index (χ1n) is 5.98. The van der Waals surface area contributed by atoms with Gasteiger partial charge in [0.05, 0.1) is 23.1 Å². The predicted octanol–water partition coefficient (Wildman–Crippen LogP) is 0.354. The summed E-state index contributed by atoms with van der Waals surface area (Å²) < 4.78 is 28.3. The first-order valence-corrected chi connectivity index (χ1v) is 7.42. The van der Waals surface area contributed by atoms with Crippen LogP contribution in [0.5, 0.6) is 0 Å². The van der Waals surface area contributed by atoms with Gasteiger partial charge in [-0.05, 0) is 18.2 Å². The minimum atomic E-state index is -3.61. The third kappa shape index (κ3) is 2.07. The van der Waals surface area contributed by atoms with Crippen LogP contribution in [0.2, 0.25) is 0 Å². The van der Waals surface area contributed by atoms with E-state index in [4.69, 9.17) is 5.26 Å². The Balaban J connectivity index is 1.95. The molecule has 3 rings (SSSR count). The number of sulfonamides is 1. The van der Waals surface area contributed by atoms with E-state index in [1.54, 1.807) is 18.5 Å². The molecule has 0 N–H and O–H groups in total. The highest BCUT2D eigenvalue weighted by molar-refractivity contribution is 7.89. The van der Waals surface area contributed by atoms with Crippen LogP contribution in [0, 0.1) is 11.3 Å². The van der Waals surface area contributed by atoms with Crippen LogP contribution in [-0.2, 0) is 23.1 Å². The van der Waals surface area contributed by atoms with Gasteiger partial charge in [-0.25, -0.2) is 8.42 Å². The Labute approximate surface area is 116 Å². The third-order valence-electron chi connectivity index (χ3n) is 3.20. The van der Waals surface area contributed by atoms with Gasteiger partial charge in [0.15, 0.2) is 0 Å². The molecule has 0 spiro atoms. The molecule has 0 radical (unpaired) electrons. The second-order valence-corrected chi connectivity index (χ2v) is 6.36. The van der Waals surface area contributed by atoms with Crippen LogP contribution in [0.3, 0.4) is 0 Å². The molecule has 8 heteroatoms. The van der Waals surface area contributed by atoms with Gasteiger partial charge in [-0.3, -0.25) is 0 Å². The first-order chi connectivity index (χ1) is 9.61. The number of nitriles is 1. The highest BCUT2D eigenvalue weighted by Crippen LogP contribution is 2.21. The number of rotatable bonds is 2. The molecular formula is C12H11N5O2S. The summed E-state index contributed by atoms with van der Waals surface area (Å²) in [5.41, 5.74) is 0.325. The maximum atomic E-state index is 12.5. The average molecular weight is 289 g/mol. The topological polar surface area (TPSA) is 91.9 Å². The van der Waals surface area contributed by atoms with E-state index < -0.39 is 10.0 Å². The quantitative estimate of drug-likeness (QED) is 0.795. The smallest absolute Gasteiger partial charge is 0.243 e. The molecule has 7 nitrogen and oxygen atoms in total. The summed E-state index contributed by atoms with van der Waals surface area (Å²) in [6.45, 7) is 1.09. The first kappa shape index (κ1) is 12.8. The van der Waals surface area contributed by atoms with Crippen LogP contribution >= 0.6 is 0 Å². The Kier molecular flexibility index (Phi) is 3.00. The lowest BCUT2D eigenvalue weighted by molar-refractivity contribution is 0.335. The van der Waals surface area contributed by atoms with Gasteiger partial charge in [0, 0.05) is 13.1 Å². The zero-order valence-corrected chi connectivity index (χ0v) is 11.3. The van der Waals surface area contributed by atoms with E-state index >= 15 is 0 Å². The summed E-state index contributed by atoms with van der Waals surface area (Å²) in [6.07, 6.45) is 1.59. The number of benzene rings is 1. The number of fused-ring (bicyclic) bond motifs is 1. The van der Waals surface area contributed by atoms with E-state index in [1.165, 1.54) is 16.4 Å². The van der Waals surface area contributed by atoms with Gasteiger partial charge >= 0.3 is 0 Å². The molecule has 102 valence electrons. The van der Waals surface area contributed by atoms with Crippen LogP contribution in [0.1, 0.15) is 11.4 Å². The standard InChI is InChI=1S/C12H11N5O2S/c13-7-10-2-1-3-11(6-10)20(18,19)17-5-4-16-9-14-15-12(16)8-17/h1-3,6,9H,4-5,8H2. The molecule has 2 aromatic rings. The zero-order valence-electron chi connectivity index (χ0n) is 10.5. The van der Waals surface area contributed by atoms with Crippen LogP contribution in [0.4, 0.5) is 0 Å². The lowest BCUT2D eigenvalue weighted by atomic mass is 10.2. The molecule has 1 aromatic heterocycles. The van der Waals surface area contributed by atoms with Crippen molar-refractivity contribution in [3.63, 3.8) is 0 Å². The lowest BCUT2D eigenvalue weighted by Crippen LogP contribution is -2.38. The summed E-state index contributed by atoms with van der Waals surface area (Å²) in [4.78, 5) is 0.129. The maximum absolute atomic E-state index is 12.5. The van der Waals surface area contributed by atoms with Gasteiger partial charge in [0.2, 0.25) is 10.0 Å². The molecular weight excluding hydrogens is 278 g/mol. The van der Waals surface area contributed by atoms with Crippen LogP contribution < -0.4 is 0 Å². The Morgan fingerprint density at radius 3 is 2.95 bits per heavy atom. The van der Waals surface area contributed by atoms with E-state index in [9.17, 15) is 8.42 Å². The molecule has 1 aliphatic rings. The number of aromatic nitrogens is 3. The van der Waals surface area contributed by atoms with Crippen molar-refractivity contribution in [1.29, 1.82) is 5.26 Å². The van der Waals surface area contributed by atoms with Crippen molar-refractivity contribution in [3.8, 4) is 6.07 Å². The molecule has 20 heavy (non-hydrogen) atoms. The van der Waals surface area contributed by atoms with Crippen molar-refractivity contribution in [3.05, 3.63) is 42.0 Å². The van der Waals surface area contributed by atoms with E-state index in [-0.39, 0.29) is 11.4 Å². The normalized spacial score (nSPS) is 15.6. The van der Waals surface area contributed by atoms with Crippen molar-refractivity contribution in [2.45, 2.75) is 18.0 Å². The molecule has 0 aliphatic carbocycles. The lowest BCUT2D eigenvalue weighted by Gasteiger charge is -2.26. The van der Waals surface area contributed by atoms with Crippen molar-refractivity contribution in [1.82, 2.24) is 19.1 Å². The number of hydrogen-bond acceptors (Lipinski definition) is 5. The van der Waals surface area contributed by atoms with Gasteiger partial charge in [0.1, 0.15) is 12.2 Å². The second-order valence-electron chi connectivity index (χ2n) is 4.42. The predicted molar refractivity (Wildman–Crippen MR) is 68.8 cm³/mol. The zero-order chi connectivity index (χ0) is 14.2. The van der Waals surface area contributed by atoms with Crippen molar-refractivity contribution in [2.24, 2.45) is 0 Å². The minimum absolute atomic E-state index is 0.129. The summed E-state index contributed by atoms with van der Waals surface area (Å²) in [5.74, 6) is 0.622. The third-order valence-corrected chi connectivity index (χ3v) is 5.05. The molecule has 0 saturated carbocycles. The largest absolute Gasteiger partial charge is 0.315 e. The fraction of sp³-hybridized carbons (Fsp3) is 0.250. The SMILES string of the molecule is N#Cc1cccc(S(=O)(=O)N2CCn3cnnc3C2)c1. The highest BCUT2D eigenvalue weighted by Gasteiger charge is 2.29. The minimum Gasteiger partial charge on any atom is -0.315 e. The fourth-order valence-electron chi connectivity index (χ4n) is 2.12. The van der Waals surface area contributed by atoms with E-state index in [0.29, 0.717) is 24.5 Å². The molecule has 0 unspecified atom stereocenters. The van der Waals surface area contributed by atoms with E-state index in [1.807, 2.05) is 10.6 Å². The van der Waals surface area contributed by atoms with Crippen molar-refractivity contribution in [2.75, 3.05) is 6.54 Å². The summed E-state index contributed by atoms with van der Waals surface area (Å²) in [6, 6.07) is 7.97. The van der Waals surface area contributed by atoms with Crippen LogP contribution in [0.25, 0.3) is 0 Å². The molecule has 0 amide bonds. The molecule has 1 aromatic carbocycles. The van der Waals surface area contributed by atoms with Gasteiger partial charge in [-0.15, -0.1) is 10.2 Å². The summed E-state index contributed by atoms with van der Waals surface area (Å²) in [7, 11) is -3.61.